The number of nitrogens with zero attached hydrogens (tertiary/aromatic N) is 1. The monoisotopic (exact) mass is 411 g/mol. The molecule has 0 radical (unpaired) electrons. The number of carbonyl (C=O) groups is 2. The summed E-state index contributed by atoms with van der Waals surface area (Å²) in [5.41, 5.74) is 3.21. The van der Waals surface area contributed by atoms with Gasteiger partial charge in [0.2, 0.25) is 0 Å². The van der Waals surface area contributed by atoms with Crippen molar-refractivity contribution in [3.63, 3.8) is 0 Å². The Bertz CT molecular complexity index is 1120. The number of aliphatic carboxylic acids is 1. The minimum absolute atomic E-state index is 0.0746. The van der Waals surface area contributed by atoms with Crippen LogP contribution in [0.4, 0.5) is 10.1 Å². The lowest BCUT2D eigenvalue weighted by molar-refractivity contribution is -0.138. The second-order valence-corrected chi connectivity index (χ2v) is 7.29. The number of carbonyl (C=O) groups excluding carboxylic acids is 1. The lowest BCUT2D eigenvalue weighted by Gasteiger charge is -2.25. The molecular weight excluding hydrogens is 389 g/mol. The summed E-state index contributed by atoms with van der Waals surface area (Å²) in [6.45, 7) is 3.03. The molecule has 8 heteroatoms. The van der Waals surface area contributed by atoms with Crippen LogP contribution in [0.3, 0.4) is 0 Å². The summed E-state index contributed by atoms with van der Waals surface area (Å²) < 4.78 is 19.4. The minimum Gasteiger partial charge on any atom is -0.480 e. The predicted octanol–water partition coefficient (Wildman–Crippen LogP) is 3.47. The first-order chi connectivity index (χ1) is 14.4. The van der Waals surface area contributed by atoms with E-state index in [0.717, 1.165) is 11.3 Å². The molecule has 0 spiro atoms. The van der Waals surface area contributed by atoms with E-state index in [1.807, 2.05) is 24.0 Å². The molecule has 2 aromatic carbocycles. The number of halogens is 1. The van der Waals surface area contributed by atoms with Crippen LogP contribution in [0.2, 0.25) is 0 Å². The standard InChI is InChI=1S/C22H22FN3O4/c1-12-15-9-16-18(10-17(15)25-7-8-26(12)11-19(27)28)30-21(20(16)22(29)24-2)13-3-5-14(23)6-4-13/h3-6,9-10,12,25H,7-8,11H2,1-2H3,(H,24,29)(H,27,28). The SMILES string of the molecule is CNC(=O)c1c(-c2ccc(F)cc2)oc2cc3c(cc12)C(C)N(CC(=O)O)CCN3. The quantitative estimate of drug-likeness (QED) is 0.609. The van der Waals surface area contributed by atoms with E-state index in [-0.39, 0.29) is 24.3 Å². The van der Waals surface area contributed by atoms with Gasteiger partial charge in [0.05, 0.1) is 12.1 Å². The molecule has 3 N–H and O–H groups in total. The van der Waals surface area contributed by atoms with Gasteiger partial charge in [-0.15, -0.1) is 0 Å². The van der Waals surface area contributed by atoms with Crippen molar-refractivity contribution in [1.82, 2.24) is 10.2 Å². The second kappa shape index (κ2) is 7.79. The number of rotatable bonds is 4. The zero-order valence-electron chi connectivity index (χ0n) is 16.7. The van der Waals surface area contributed by atoms with Crippen LogP contribution in [0.5, 0.6) is 0 Å². The molecule has 30 heavy (non-hydrogen) atoms. The maximum Gasteiger partial charge on any atom is 0.317 e. The van der Waals surface area contributed by atoms with Gasteiger partial charge in [0.25, 0.3) is 5.91 Å². The number of anilines is 1. The van der Waals surface area contributed by atoms with E-state index in [0.29, 0.717) is 40.9 Å². The first kappa shape index (κ1) is 19.9. The van der Waals surface area contributed by atoms with Crippen molar-refractivity contribution in [2.45, 2.75) is 13.0 Å². The molecule has 1 amide bonds. The lowest BCUT2D eigenvalue weighted by atomic mass is 9.99. The molecule has 0 saturated heterocycles. The number of benzene rings is 2. The molecule has 2 heterocycles. The Labute approximate surface area is 172 Å². The van der Waals surface area contributed by atoms with E-state index >= 15 is 0 Å². The average molecular weight is 411 g/mol. The lowest BCUT2D eigenvalue weighted by Crippen LogP contribution is -2.33. The number of hydrogen-bond donors (Lipinski definition) is 3. The van der Waals surface area contributed by atoms with E-state index in [9.17, 15) is 19.1 Å². The number of fused-ring (bicyclic) bond motifs is 2. The second-order valence-electron chi connectivity index (χ2n) is 7.29. The van der Waals surface area contributed by atoms with Crippen LogP contribution >= 0.6 is 0 Å². The summed E-state index contributed by atoms with van der Waals surface area (Å²) in [5, 5.41) is 15.8. The third-order valence-electron chi connectivity index (χ3n) is 5.47. The average Bonchev–Trinajstić information content (AvgIpc) is 3.02. The molecule has 1 aromatic heterocycles. The highest BCUT2D eigenvalue weighted by Crippen LogP contribution is 2.39. The van der Waals surface area contributed by atoms with Gasteiger partial charge in [-0.2, -0.15) is 0 Å². The Kier molecular flexibility index (Phi) is 5.17. The van der Waals surface area contributed by atoms with Crippen molar-refractivity contribution in [3.8, 4) is 11.3 Å². The van der Waals surface area contributed by atoms with Crippen LogP contribution in [-0.4, -0.2) is 48.6 Å². The Morgan fingerprint density at radius 3 is 2.70 bits per heavy atom. The summed E-state index contributed by atoms with van der Waals surface area (Å²) in [4.78, 5) is 25.9. The first-order valence-corrected chi connectivity index (χ1v) is 9.67. The number of carboxylic acid groups (broad SMARTS) is 1. The van der Waals surface area contributed by atoms with E-state index in [4.69, 9.17) is 4.42 Å². The van der Waals surface area contributed by atoms with Crippen molar-refractivity contribution in [2.75, 3.05) is 32.0 Å². The molecule has 0 fully saturated rings. The summed E-state index contributed by atoms with van der Waals surface area (Å²) in [6, 6.07) is 9.32. The van der Waals surface area contributed by atoms with Crippen LogP contribution in [0, 0.1) is 5.82 Å². The van der Waals surface area contributed by atoms with Crippen LogP contribution in [0.25, 0.3) is 22.3 Å². The smallest absolute Gasteiger partial charge is 0.317 e. The van der Waals surface area contributed by atoms with Gasteiger partial charge in [0, 0.05) is 48.9 Å². The van der Waals surface area contributed by atoms with Crippen molar-refractivity contribution < 1.29 is 23.5 Å². The van der Waals surface area contributed by atoms with Crippen molar-refractivity contribution in [1.29, 1.82) is 0 Å². The zero-order chi connectivity index (χ0) is 21.4. The Balaban J connectivity index is 1.90. The van der Waals surface area contributed by atoms with Gasteiger partial charge in [-0.3, -0.25) is 14.5 Å². The molecule has 1 aliphatic rings. The maximum absolute atomic E-state index is 13.4. The molecular formula is C22H22FN3O4. The molecule has 3 aromatic rings. The van der Waals surface area contributed by atoms with Crippen LogP contribution in [-0.2, 0) is 4.79 Å². The highest BCUT2D eigenvalue weighted by Gasteiger charge is 2.28. The minimum atomic E-state index is -0.890. The normalized spacial score (nSPS) is 16.6. The van der Waals surface area contributed by atoms with Gasteiger partial charge in [0.15, 0.2) is 0 Å². The number of amides is 1. The number of carboxylic acids is 1. The molecule has 7 nitrogen and oxygen atoms in total. The van der Waals surface area contributed by atoms with Gasteiger partial charge < -0.3 is 20.2 Å². The van der Waals surface area contributed by atoms with E-state index in [2.05, 4.69) is 10.6 Å². The van der Waals surface area contributed by atoms with Gasteiger partial charge in [-0.05, 0) is 42.8 Å². The fourth-order valence-electron chi connectivity index (χ4n) is 3.93. The highest BCUT2D eigenvalue weighted by atomic mass is 19.1. The molecule has 1 unspecified atom stereocenters. The molecule has 0 saturated carbocycles. The summed E-state index contributed by atoms with van der Waals surface area (Å²) >= 11 is 0. The molecule has 156 valence electrons. The topological polar surface area (TPSA) is 94.8 Å². The third kappa shape index (κ3) is 3.50. The Hall–Kier alpha value is -3.39. The van der Waals surface area contributed by atoms with Crippen LogP contribution in [0.15, 0.2) is 40.8 Å². The first-order valence-electron chi connectivity index (χ1n) is 9.67. The summed E-state index contributed by atoms with van der Waals surface area (Å²) in [7, 11) is 1.54. The highest BCUT2D eigenvalue weighted by molar-refractivity contribution is 6.11. The summed E-state index contributed by atoms with van der Waals surface area (Å²) in [5.74, 6) is -1.22. The zero-order valence-corrected chi connectivity index (χ0v) is 16.7. The molecule has 0 bridgehead atoms. The van der Waals surface area contributed by atoms with E-state index in [1.165, 1.54) is 19.2 Å². The van der Waals surface area contributed by atoms with Crippen molar-refractivity contribution >= 4 is 28.5 Å². The van der Waals surface area contributed by atoms with Gasteiger partial charge in [0.1, 0.15) is 17.2 Å². The largest absolute Gasteiger partial charge is 0.480 e. The van der Waals surface area contributed by atoms with Crippen LogP contribution < -0.4 is 10.6 Å². The number of furan rings is 1. The third-order valence-corrected chi connectivity index (χ3v) is 5.47. The molecule has 1 aliphatic heterocycles. The van der Waals surface area contributed by atoms with Crippen molar-refractivity contribution in [2.24, 2.45) is 0 Å². The predicted molar refractivity (Wildman–Crippen MR) is 111 cm³/mol. The van der Waals surface area contributed by atoms with E-state index in [1.54, 1.807) is 12.1 Å². The Morgan fingerprint density at radius 1 is 1.30 bits per heavy atom. The summed E-state index contributed by atoms with van der Waals surface area (Å²) in [6.07, 6.45) is 0. The van der Waals surface area contributed by atoms with Gasteiger partial charge in [-0.25, -0.2) is 4.39 Å². The van der Waals surface area contributed by atoms with Crippen LogP contribution in [0.1, 0.15) is 28.9 Å². The fourth-order valence-corrected chi connectivity index (χ4v) is 3.93. The maximum atomic E-state index is 13.4. The number of hydrogen-bond acceptors (Lipinski definition) is 5. The van der Waals surface area contributed by atoms with Crippen molar-refractivity contribution in [3.05, 3.63) is 53.3 Å². The number of nitrogens with one attached hydrogen (secondary N) is 2. The van der Waals surface area contributed by atoms with Gasteiger partial charge >= 0.3 is 5.97 Å². The Morgan fingerprint density at radius 2 is 2.03 bits per heavy atom. The van der Waals surface area contributed by atoms with Gasteiger partial charge in [-0.1, -0.05) is 0 Å². The molecule has 1 atom stereocenters. The van der Waals surface area contributed by atoms with E-state index < -0.39 is 5.97 Å². The fraction of sp³-hybridized carbons (Fsp3) is 0.273. The molecule has 4 rings (SSSR count). The molecule has 0 aliphatic carbocycles.